The van der Waals surface area contributed by atoms with E-state index in [0.29, 0.717) is 17.8 Å². The lowest BCUT2D eigenvalue weighted by Gasteiger charge is -2.12. The van der Waals surface area contributed by atoms with Gasteiger partial charge in [0.2, 0.25) is 0 Å². The molecule has 0 atom stereocenters. The van der Waals surface area contributed by atoms with E-state index in [2.05, 4.69) is 46.4 Å². The van der Waals surface area contributed by atoms with Crippen molar-refractivity contribution in [2.24, 2.45) is 0 Å². The number of aromatic nitrogens is 1. The first-order valence-corrected chi connectivity index (χ1v) is 10.5. The van der Waals surface area contributed by atoms with E-state index in [1.54, 1.807) is 29.5 Å². The van der Waals surface area contributed by atoms with Crippen LogP contribution in [-0.2, 0) is 13.1 Å². The zero-order valence-electron chi connectivity index (χ0n) is 15.2. The van der Waals surface area contributed by atoms with Crippen molar-refractivity contribution in [1.29, 1.82) is 0 Å². The maximum Gasteiger partial charge on any atom is 0.268 e. The minimum atomic E-state index is -0.318. The van der Waals surface area contributed by atoms with Gasteiger partial charge in [-0.2, -0.15) is 0 Å². The highest BCUT2D eigenvalue weighted by atomic mass is 79.9. The van der Waals surface area contributed by atoms with Crippen molar-refractivity contribution in [3.63, 3.8) is 0 Å². The normalized spacial score (nSPS) is 11.1. The smallest absolute Gasteiger partial charge is 0.268 e. The number of halogens is 2. The highest BCUT2D eigenvalue weighted by molar-refractivity contribution is 9.10. The monoisotopic (exact) mass is 456 g/mol. The number of nitrogens with zero attached hydrogens (tertiary/aromatic N) is 1. The molecule has 4 aromatic rings. The van der Waals surface area contributed by atoms with Crippen molar-refractivity contribution >= 4 is 43.4 Å². The minimum Gasteiger partial charge on any atom is -0.347 e. The number of aryl methyl sites for hydroxylation is 1. The molecule has 0 fully saturated rings. The average molecular weight is 457 g/mol. The van der Waals surface area contributed by atoms with Gasteiger partial charge < -0.3 is 9.88 Å². The van der Waals surface area contributed by atoms with E-state index in [-0.39, 0.29) is 18.3 Å². The Kier molecular flexibility index (Phi) is 5.33. The first-order chi connectivity index (χ1) is 13.5. The van der Waals surface area contributed by atoms with Crippen LogP contribution in [0.25, 0.3) is 10.2 Å². The number of thiophene rings is 1. The van der Waals surface area contributed by atoms with Crippen molar-refractivity contribution in [3.8, 4) is 0 Å². The van der Waals surface area contributed by atoms with Crippen molar-refractivity contribution in [2.45, 2.75) is 20.0 Å². The summed E-state index contributed by atoms with van der Waals surface area (Å²) in [6.45, 7) is 2.79. The van der Waals surface area contributed by atoms with Crippen molar-refractivity contribution in [1.82, 2.24) is 9.88 Å². The van der Waals surface area contributed by atoms with Crippen LogP contribution in [0.4, 0.5) is 4.39 Å². The fraction of sp³-hybridized carbons (Fsp3) is 0.136. The van der Waals surface area contributed by atoms with Gasteiger partial charge in [0, 0.05) is 24.0 Å². The third-order valence-electron chi connectivity index (χ3n) is 4.63. The number of rotatable bonds is 5. The summed E-state index contributed by atoms with van der Waals surface area (Å²) < 4.78 is 17.9. The summed E-state index contributed by atoms with van der Waals surface area (Å²) in [7, 11) is 0. The molecule has 142 valence electrons. The largest absolute Gasteiger partial charge is 0.347 e. The first-order valence-electron chi connectivity index (χ1n) is 8.86. The molecule has 0 bridgehead atoms. The van der Waals surface area contributed by atoms with Gasteiger partial charge in [0.25, 0.3) is 5.91 Å². The fourth-order valence-corrected chi connectivity index (χ4v) is 4.98. The Morgan fingerprint density at radius 2 is 2.00 bits per heavy atom. The lowest BCUT2D eigenvalue weighted by atomic mass is 10.1. The zero-order valence-corrected chi connectivity index (χ0v) is 17.6. The number of amides is 1. The molecule has 0 unspecified atom stereocenters. The van der Waals surface area contributed by atoms with E-state index in [1.165, 1.54) is 11.6 Å². The summed E-state index contributed by atoms with van der Waals surface area (Å²) in [6, 6.07) is 16.6. The van der Waals surface area contributed by atoms with E-state index in [9.17, 15) is 9.18 Å². The van der Waals surface area contributed by atoms with Crippen LogP contribution in [0, 0.1) is 12.7 Å². The molecule has 2 aromatic carbocycles. The molecule has 1 amide bonds. The van der Waals surface area contributed by atoms with Crippen LogP contribution in [0.3, 0.4) is 0 Å². The summed E-state index contributed by atoms with van der Waals surface area (Å²) in [5.74, 6) is -0.534. The number of carbonyl (C=O) groups is 1. The number of hydrogen-bond donors (Lipinski definition) is 1. The molecule has 0 saturated carbocycles. The number of fused-ring (bicyclic) bond motifs is 1. The Bertz CT molecular complexity index is 1160. The molecule has 6 heteroatoms. The van der Waals surface area contributed by atoms with Gasteiger partial charge in [0.1, 0.15) is 11.5 Å². The third kappa shape index (κ3) is 3.75. The zero-order chi connectivity index (χ0) is 19.7. The molecule has 2 aromatic heterocycles. The molecule has 0 aliphatic heterocycles. The highest BCUT2D eigenvalue weighted by Crippen LogP contribution is 2.34. The van der Waals surface area contributed by atoms with E-state index >= 15 is 0 Å². The molecule has 2 heterocycles. The lowest BCUT2D eigenvalue weighted by Crippen LogP contribution is -2.26. The molecule has 4 rings (SSSR count). The number of hydrogen-bond acceptors (Lipinski definition) is 2. The summed E-state index contributed by atoms with van der Waals surface area (Å²) in [5.41, 5.74) is 4.34. The number of carbonyl (C=O) groups excluding carboxylic acids is 1. The van der Waals surface area contributed by atoms with Crippen LogP contribution < -0.4 is 5.32 Å². The van der Waals surface area contributed by atoms with Crippen LogP contribution >= 0.6 is 27.3 Å². The predicted octanol–water partition coefficient (Wildman–Crippen LogP) is 5.89. The molecule has 0 aliphatic rings. The topological polar surface area (TPSA) is 34.0 Å². The molecule has 3 nitrogen and oxygen atoms in total. The van der Waals surface area contributed by atoms with Crippen LogP contribution in [0.15, 0.2) is 64.5 Å². The molecule has 0 aliphatic carbocycles. The molecule has 28 heavy (non-hydrogen) atoms. The van der Waals surface area contributed by atoms with E-state index in [0.717, 1.165) is 20.3 Å². The molecule has 1 N–H and O–H groups in total. The summed E-state index contributed by atoms with van der Waals surface area (Å²) >= 11 is 5.19. The van der Waals surface area contributed by atoms with Crippen molar-refractivity contribution in [2.75, 3.05) is 0 Å². The average Bonchev–Trinajstić information content (AvgIpc) is 3.21. The standard InChI is InChI=1S/C22H18BrFN2OS/c1-14-5-4-6-15(9-14)12-26-19(10-20-21(26)17(23)13-28-20)22(27)25-11-16-7-2-3-8-18(16)24/h2-10,13H,11-12H2,1H3,(H,25,27). The maximum atomic E-state index is 13.9. The second kappa shape index (κ2) is 7.89. The van der Waals surface area contributed by atoms with Gasteiger partial charge in [0.15, 0.2) is 0 Å². The molecule has 0 spiro atoms. The van der Waals surface area contributed by atoms with Gasteiger partial charge in [-0.1, -0.05) is 48.0 Å². The van der Waals surface area contributed by atoms with E-state index in [4.69, 9.17) is 0 Å². The van der Waals surface area contributed by atoms with Gasteiger partial charge in [-0.15, -0.1) is 11.3 Å². The summed E-state index contributed by atoms with van der Waals surface area (Å²) in [5, 5.41) is 4.88. The highest BCUT2D eigenvalue weighted by Gasteiger charge is 2.19. The van der Waals surface area contributed by atoms with Gasteiger partial charge in [-0.3, -0.25) is 4.79 Å². The Morgan fingerprint density at radius 1 is 1.18 bits per heavy atom. The van der Waals surface area contributed by atoms with Crippen LogP contribution in [0.1, 0.15) is 27.2 Å². The van der Waals surface area contributed by atoms with Crippen molar-refractivity contribution < 1.29 is 9.18 Å². The van der Waals surface area contributed by atoms with Gasteiger partial charge in [-0.05, 0) is 40.5 Å². The predicted molar refractivity (Wildman–Crippen MR) is 115 cm³/mol. The Morgan fingerprint density at radius 3 is 2.79 bits per heavy atom. The van der Waals surface area contributed by atoms with Gasteiger partial charge in [0.05, 0.1) is 14.7 Å². The molecular weight excluding hydrogens is 439 g/mol. The van der Waals surface area contributed by atoms with Crippen LogP contribution in [0.5, 0.6) is 0 Å². The SMILES string of the molecule is Cc1cccc(Cn2c(C(=O)NCc3ccccc3F)cc3scc(Br)c32)c1. The van der Waals surface area contributed by atoms with E-state index < -0.39 is 0 Å². The Balaban J connectivity index is 1.66. The summed E-state index contributed by atoms with van der Waals surface area (Å²) in [6.07, 6.45) is 0. The Hall–Kier alpha value is -2.44. The minimum absolute atomic E-state index is 0.149. The second-order valence-corrected chi connectivity index (χ2v) is 8.44. The van der Waals surface area contributed by atoms with Gasteiger partial charge in [-0.25, -0.2) is 4.39 Å². The molecule has 0 saturated heterocycles. The number of nitrogens with one attached hydrogen (secondary N) is 1. The summed E-state index contributed by atoms with van der Waals surface area (Å²) in [4.78, 5) is 12.9. The third-order valence-corrected chi connectivity index (χ3v) is 6.46. The van der Waals surface area contributed by atoms with Gasteiger partial charge >= 0.3 is 0 Å². The molecule has 0 radical (unpaired) electrons. The van der Waals surface area contributed by atoms with Crippen LogP contribution in [-0.4, -0.2) is 10.5 Å². The Labute approximate surface area is 174 Å². The maximum absolute atomic E-state index is 13.9. The molecular formula is C22H18BrFN2OS. The lowest BCUT2D eigenvalue weighted by molar-refractivity contribution is 0.0942. The quantitative estimate of drug-likeness (QED) is 0.398. The second-order valence-electron chi connectivity index (χ2n) is 6.68. The van der Waals surface area contributed by atoms with Crippen molar-refractivity contribution in [3.05, 3.63) is 92.7 Å². The van der Waals surface area contributed by atoms with Crippen LogP contribution in [0.2, 0.25) is 0 Å². The number of benzene rings is 2. The first kappa shape index (κ1) is 18.9. The van der Waals surface area contributed by atoms with E-state index in [1.807, 2.05) is 22.1 Å². The fourth-order valence-electron chi connectivity index (χ4n) is 3.28.